The Bertz CT molecular complexity index is 147. The second-order valence-corrected chi connectivity index (χ2v) is 3.89. The van der Waals surface area contributed by atoms with E-state index in [0.717, 1.165) is 6.54 Å². The fourth-order valence-electron chi connectivity index (χ4n) is 0.606. The number of hydrogen-bond acceptors (Lipinski definition) is 3. The van der Waals surface area contributed by atoms with Gasteiger partial charge in [0.05, 0.1) is 6.61 Å². The topological polar surface area (TPSA) is 50.4 Å². The predicted octanol–water partition coefficient (Wildman–Crippen LogP) is 1.53. The number of carbonyl (C=O) groups is 1. The first-order valence-corrected chi connectivity index (χ1v) is 4.68. The van der Waals surface area contributed by atoms with Crippen LogP contribution in [0.1, 0.15) is 27.7 Å². The van der Waals surface area contributed by atoms with Crippen molar-refractivity contribution in [2.24, 2.45) is 11.8 Å². The molecular weight excluding hydrogens is 168 g/mol. The van der Waals surface area contributed by atoms with E-state index in [1.165, 1.54) is 0 Å². The molecule has 0 atom stereocenters. The summed E-state index contributed by atoms with van der Waals surface area (Å²) in [5, 5.41) is 0. The van der Waals surface area contributed by atoms with E-state index in [9.17, 15) is 4.79 Å². The fraction of sp³-hybridized carbons (Fsp3) is 0.889. The standard InChI is InChI=1S/C9H20N2O2/c1-7(2)5-10-11-9(12)13-6-8(3)4/h7-8,10H,5-6H2,1-4H3,(H,11,12). The third-order valence-corrected chi connectivity index (χ3v) is 1.25. The zero-order valence-electron chi connectivity index (χ0n) is 8.89. The molecule has 0 heterocycles. The molecule has 0 aliphatic heterocycles. The molecule has 0 saturated heterocycles. The zero-order valence-corrected chi connectivity index (χ0v) is 8.89. The van der Waals surface area contributed by atoms with E-state index in [2.05, 4.69) is 24.7 Å². The summed E-state index contributed by atoms with van der Waals surface area (Å²) in [6.45, 7) is 9.32. The van der Waals surface area contributed by atoms with Crippen LogP contribution in [0.5, 0.6) is 0 Å². The summed E-state index contributed by atoms with van der Waals surface area (Å²) in [5.74, 6) is 0.876. The smallest absolute Gasteiger partial charge is 0.421 e. The molecule has 0 saturated carbocycles. The lowest BCUT2D eigenvalue weighted by molar-refractivity contribution is 0.128. The third-order valence-electron chi connectivity index (χ3n) is 1.25. The van der Waals surface area contributed by atoms with E-state index in [1.54, 1.807) is 0 Å². The van der Waals surface area contributed by atoms with Gasteiger partial charge in [-0.05, 0) is 11.8 Å². The second-order valence-electron chi connectivity index (χ2n) is 3.89. The van der Waals surface area contributed by atoms with Crippen LogP contribution in [0.3, 0.4) is 0 Å². The molecule has 0 aliphatic carbocycles. The third kappa shape index (κ3) is 9.14. The summed E-state index contributed by atoms with van der Waals surface area (Å²) >= 11 is 0. The van der Waals surface area contributed by atoms with Crippen LogP contribution in [0.4, 0.5) is 4.79 Å². The Kier molecular flexibility index (Phi) is 6.32. The van der Waals surface area contributed by atoms with Crippen molar-refractivity contribution in [1.29, 1.82) is 0 Å². The summed E-state index contributed by atoms with van der Waals surface area (Å²) in [6.07, 6.45) is -0.408. The van der Waals surface area contributed by atoms with Crippen LogP contribution in [-0.4, -0.2) is 19.2 Å². The Hall–Kier alpha value is -0.770. The van der Waals surface area contributed by atoms with Crippen LogP contribution < -0.4 is 10.9 Å². The lowest BCUT2D eigenvalue weighted by Crippen LogP contribution is -2.40. The van der Waals surface area contributed by atoms with Gasteiger partial charge in [-0.1, -0.05) is 27.7 Å². The number of hydrazine groups is 1. The molecule has 0 bridgehead atoms. The average Bonchev–Trinajstić information content (AvgIpc) is 2.00. The molecule has 13 heavy (non-hydrogen) atoms. The maximum Gasteiger partial charge on any atom is 0.421 e. The van der Waals surface area contributed by atoms with Gasteiger partial charge in [0.25, 0.3) is 0 Å². The van der Waals surface area contributed by atoms with Crippen LogP contribution in [-0.2, 0) is 4.74 Å². The maximum absolute atomic E-state index is 10.9. The number of hydrogen-bond donors (Lipinski definition) is 2. The van der Waals surface area contributed by atoms with E-state index < -0.39 is 6.09 Å². The molecule has 0 aromatic heterocycles. The van der Waals surface area contributed by atoms with Crippen molar-refractivity contribution < 1.29 is 9.53 Å². The van der Waals surface area contributed by atoms with E-state index in [4.69, 9.17) is 4.74 Å². The maximum atomic E-state index is 10.9. The van der Waals surface area contributed by atoms with Crippen molar-refractivity contribution in [2.45, 2.75) is 27.7 Å². The van der Waals surface area contributed by atoms with Crippen LogP contribution in [0.25, 0.3) is 0 Å². The number of rotatable bonds is 5. The van der Waals surface area contributed by atoms with E-state index in [0.29, 0.717) is 18.4 Å². The van der Waals surface area contributed by atoms with Crippen LogP contribution in [0.15, 0.2) is 0 Å². The number of carbonyl (C=O) groups excluding carboxylic acids is 1. The molecule has 1 amide bonds. The fourth-order valence-corrected chi connectivity index (χ4v) is 0.606. The number of nitrogens with one attached hydrogen (secondary N) is 2. The number of ether oxygens (including phenoxy) is 1. The normalized spacial score (nSPS) is 10.6. The molecule has 0 aromatic rings. The predicted molar refractivity (Wildman–Crippen MR) is 52.2 cm³/mol. The molecule has 78 valence electrons. The second kappa shape index (κ2) is 6.71. The van der Waals surface area contributed by atoms with Gasteiger partial charge in [-0.15, -0.1) is 0 Å². The average molecular weight is 188 g/mol. The zero-order chi connectivity index (χ0) is 10.3. The molecule has 0 aromatic carbocycles. The van der Waals surface area contributed by atoms with E-state index in [1.807, 2.05) is 13.8 Å². The Morgan fingerprint density at radius 1 is 1.23 bits per heavy atom. The van der Waals surface area contributed by atoms with Gasteiger partial charge in [0.2, 0.25) is 0 Å². The largest absolute Gasteiger partial charge is 0.448 e. The van der Waals surface area contributed by atoms with E-state index >= 15 is 0 Å². The monoisotopic (exact) mass is 188 g/mol. The quantitative estimate of drug-likeness (QED) is 0.643. The molecular formula is C9H20N2O2. The first kappa shape index (κ1) is 12.2. The Morgan fingerprint density at radius 3 is 2.31 bits per heavy atom. The molecule has 0 spiro atoms. The van der Waals surface area contributed by atoms with Gasteiger partial charge in [-0.3, -0.25) is 5.43 Å². The minimum Gasteiger partial charge on any atom is -0.448 e. The van der Waals surface area contributed by atoms with Gasteiger partial charge in [-0.2, -0.15) is 0 Å². The van der Waals surface area contributed by atoms with Gasteiger partial charge >= 0.3 is 6.09 Å². The van der Waals surface area contributed by atoms with E-state index in [-0.39, 0.29) is 0 Å². The molecule has 0 aliphatic rings. The van der Waals surface area contributed by atoms with Crippen molar-refractivity contribution in [3.05, 3.63) is 0 Å². The molecule has 2 N–H and O–H groups in total. The molecule has 0 unspecified atom stereocenters. The highest BCUT2D eigenvalue weighted by molar-refractivity contribution is 5.66. The molecule has 0 rings (SSSR count). The van der Waals surface area contributed by atoms with Gasteiger partial charge in [-0.25, -0.2) is 10.2 Å². The SMILES string of the molecule is CC(C)CNNC(=O)OCC(C)C. The Labute approximate surface area is 80.0 Å². The number of amides is 1. The van der Waals surface area contributed by atoms with Gasteiger partial charge in [0.1, 0.15) is 0 Å². The first-order valence-electron chi connectivity index (χ1n) is 4.68. The Balaban J connectivity index is 3.30. The van der Waals surface area contributed by atoms with Crippen LogP contribution in [0, 0.1) is 11.8 Å². The molecule has 4 nitrogen and oxygen atoms in total. The highest BCUT2D eigenvalue weighted by atomic mass is 16.6. The summed E-state index contributed by atoms with van der Waals surface area (Å²) in [6, 6.07) is 0. The summed E-state index contributed by atoms with van der Waals surface area (Å²) in [4.78, 5) is 10.9. The Morgan fingerprint density at radius 2 is 1.85 bits per heavy atom. The minimum absolute atomic E-state index is 0.371. The summed E-state index contributed by atoms with van der Waals surface area (Å²) in [7, 11) is 0. The van der Waals surface area contributed by atoms with Gasteiger partial charge in [0.15, 0.2) is 0 Å². The molecule has 4 heteroatoms. The van der Waals surface area contributed by atoms with Gasteiger partial charge < -0.3 is 4.74 Å². The molecule has 0 radical (unpaired) electrons. The highest BCUT2D eigenvalue weighted by Gasteiger charge is 2.02. The van der Waals surface area contributed by atoms with Crippen molar-refractivity contribution in [3.63, 3.8) is 0 Å². The van der Waals surface area contributed by atoms with Crippen molar-refractivity contribution in [1.82, 2.24) is 10.9 Å². The van der Waals surface area contributed by atoms with Crippen molar-refractivity contribution in [2.75, 3.05) is 13.2 Å². The summed E-state index contributed by atoms with van der Waals surface area (Å²) in [5.41, 5.74) is 5.24. The first-order chi connectivity index (χ1) is 6.02. The molecule has 0 fully saturated rings. The van der Waals surface area contributed by atoms with Gasteiger partial charge in [0, 0.05) is 6.54 Å². The lowest BCUT2D eigenvalue weighted by Gasteiger charge is -2.10. The van der Waals surface area contributed by atoms with Crippen LogP contribution in [0.2, 0.25) is 0 Å². The highest BCUT2D eigenvalue weighted by Crippen LogP contribution is 1.92. The lowest BCUT2D eigenvalue weighted by atomic mass is 10.2. The van der Waals surface area contributed by atoms with Crippen molar-refractivity contribution in [3.8, 4) is 0 Å². The van der Waals surface area contributed by atoms with Crippen molar-refractivity contribution >= 4 is 6.09 Å². The summed E-state index contributed by atoms with van der Waals surface area (Å²) < 4.78 is 4.87. The van der Waals surface area contributed by atoms with Crippen LogP contribution >= 0.6 is 0 Å². The minimum atomic E-state index is -0.408.